The molecular weight excluding hydrogens is 322 g/mol. The van der Waals surface area contributed by atoms with E-state index in [4.69, 9.17) is 0 Å². The van der Waals surface area contributed by atoms with Crippen LogP contribution >= 0.6 is 11.5 Å². The van der Waals surface area contributed by atoms with Crippen LogP contribution in [0.15, 0.2) is 30.5 Å². The molecule has 1 aromatic heterocycles. The molecule has 2 aliphatic rings. The first-order chi connectivity index (χ1) is 11.8. The Morgan fingerprint density at radius 3 is 2.71 bits per heavy atom. The van der Waals surface area contributed by atoms with Crippen LogP contribution in [-0.2, 0) is 13.0 Å². The lowest BCUT2D eigenvalue weighted by Gasteiger charge is -2.40. The van der Waals surface area contributed by atoms with Gasteiger partial charge >= 0.3 is 6.03 Å². The average Bonchev–Trinajstić information content (AvgIpc) is 3.14. The number of likely N-dealkylation sites (tertiary alicyclic amines) is 1. The van der Waals surface area contributed by atoms with Crippen molar-refractivity contribution in [3.05, 3.63) is 41.6 Å². The Morgan fingerprint density at radius 1 is 1.17 bits per heavy atom. The lowest BCUT2D eigenvalue weighted by molar-refractivity contribution is 0.111. The number of benzene rings is 1. The Hall–Kier alpha value is -1.99. The number of hydrogen-bond donors (Lipinski definition) is 1. The molecule has 0 aliphatic carbocycles. The molecule has 1 fully saturated rings. The molecule has 2 amide bonds. The molecule has 6 nitrogen and oxygen atoms in total. The third-order valence-corrected chi connectivity index (χ3v) is 5.60. The number of nitrogens with zero attached hydrogens (tertiary/aromatic N) is 4. The minimum absolute atomic E-state index is 0.0384. The summed E-state index contributed by atoms with van der Waals surface area (Å²) in [6.45, 7) is 3.78. The van der Waals surface area contributed by atoms with Gasteiger partial charge in [-0.25, -0.2) is 4.79 Å². The molecule has 24 heavy (non-hydrogen) atoms. The average molecular weight is 343 g/mol. The second-order valence-electron chi connectivity index (χ2n) is 6.42. The van der Waals surface area contributed by atoms with Crippen LogP contribution in [0, 0.1) is 0 Å². The molecule has 0 unspecified atom stereocenters. The number of rotatable bonds is 2. The molecule has 1 N–H and O–H groups in total. The molecule has 2 aromatic rings. The van der Waals surface area contributed by atoms with Gasteiger partial charge in [-0.2, -0.15) is 0 Å². The van der Waals surface area contributed by atoms with Gasteiger partial charge in [-0.05, 0) is 30.4 Å². The molecule has 7 heteroatoms. The number of carbonyl (C=O) groups is 1. The summed E-state index contributed by atoms with van der Waals surface area (Å²) in [5, 5.41) is 7.31. The normalized spacial score (nSPS) is 19.1. The molecule has 0 saturated carbocycles. The molecule has 2 aliphatic heterocycles. The smallest absolute Gasteiger partial charge is 0.322 e. The zero-order valence-electron chi connectivity index (χ0n) is 13.5. The van der Waals surface area contributed by atoms with Gasteiger partial charge in [-0.1, -0.05) is 28.8 Å². The van der Waals surface area contributed by atoms with Crippen LogP contribution in [0.3, 0.4) is 0 Å². The molecule has 0 atom stereocenters. The van der Waals surface area contributed by atoms with E-state index in [0.29, 0.717) is 11.0 Å². The van der Waals surface area contributed by atoms with Crippen LogP contribution in [0.25, 0.3) is 0 Å². The number of amides is 2. The topological polar surface area (TPSA) is 61.4 Å². The number of hydrogen-bond acceptors (Lipinski definition) is 5. The first kappa shape index (κ1) is 15.5. The van der Waals surface area contributed by atoms with Gasteiger partial charge in [0.1, 0.15) is 5.00 Å². The Balaban J connectivity index is 1.31. The molecule has 126 valence electrons. The van der Waals surface area contributed by atoms with Gasteiger partial charge in [-0.15, -0.1) is 5.10 Å². The number of nitrogens with one attached hydrogen (secondary N) is 1. The number of carbonyl (C=O) groups excluding carboxylic acids is 1. The van der Waals surface area contributed by atoms with Gasteiger partial charge in [0.25, 0.3) is 0 Å². The highest BCUT2D eigenvalue weighted by Gasteiger charge is 2.29. The maximum atomic E-state index is 12.3. The number of fused-ring (bicyclic) bond motifs is 1. The monoisotopic (exact) mass is 343 g/mol. The quantitative estimate of drug-likeness (QED) is 0.910. The molecule has 0 spiro atoms. The van der Waals surface area contributed by atoms with Crippen molar-refractivity contribution < 1.29 is 4.79 Å². The van der Waals surface area contributed by atoms with E-state index in [-0.39, 0.29) is 6.03 Å². The van der Waals surface area contributed by atoms with Crippen LogP contribution in [-0.4, -0.2) is 51.1 Å². The predicted octanol–water partition coefficient (Wildman–Crippen LogP) is 2.59. The van der Waals surface area contributed by atoms with Gasteiger partial charge in [0.15, 0.2) is 0 Å². The lowest BCUT2D eigenvalue weighted by atomic mass is 9.95. The Morgan fingerprint density at radius 2 is 1.96 bits per heavy atom. The highest BCUT2D eigenvalue weighted by atomic mass is 32.1. The van der Waals surface area contributed by atoms with Crippen LogP contribution in [0.1, 0.15) is 24.0 Å². The summed E-state index contributed by atoms with van der Waals surface area (Å²) in [6, 6.07) is 9.28. The largest absolute Gasteiger partial charge is 0.324 e. The second kappa shape index (κ2) is 6.86. The molecule has 0 radical (unpaired) electrons. The van der Waals surface area contributed by atoms with E-state index >= 15 is 0 Å². The highest BCUT2D eigenvalue weighted by molar-refractivity contribution is 7.10. The zero-order chi connectivity index (χ0) is 16.4. The van der Waals surface area contributed by atoms with E-state index in [1.165, 1.54) is 22.7 Å². The van der Waals surface area contributed by atoms with Crippen molar-refractivity contribution in [2.45, 2.75) is 31.8 Å². The van der Waals surface area contributed by atoms with Gasteiger partial charge in [0.2, 0.25) is 0 Å². The summed E-state index contributed by atoms with van der Waals surface area (Å²) in [7, 11) is 0. The predicted molar refractivity (Wildman–Crippen MR) is 94.1 cm³/mol. The van der Waals surface area contributed by atoms with E-state index in [1.807, 2.05) is 4.90 Å². The van der Waals surface area contributed by atoms with Crippen molar-refractivity contribution in [2.24, 2.45) is 0 Å². The molecule has 3 heterocycles. The second-order valence-corrected chi connectivity index (χ2v) is 7.21. The third kappa shape index (κ3) is 3.27. The molecule has 4 rings (SSSR count). The van der Waals surface area contributed by atoms with E-state index < -0.39 is 0 Å². The summed E-state index contributed by atoms with van der Waals surface area (Å²) in [6.07, 6.45) is 4.79. The maximum Gasteiger partial charge on any atom is 0.322 e. The van der Waals surface area contributed by atoms with Crippen LogP contribution in [0.5, 0.6) is 0 Å². The van der Waals surface area contributed by atoms with Crippen LogP contribution in [0.4, 0.5) is 9.80 Å². The molecular formula is C17H21N5OS. The summed E-state index contributed by atoms with van der Waals surface area (Å²) >= 11 is 1.20. The van der Waals surface area contributed by atoms with Crippen molar-refractivity contribution in [3.8, 4) is 0 Å². The van der Waals surface area contributed by atoms with Crippen LogP contribution in [0.2, 0.25) is 0 Å². The summed E-state index contributed by atoms with van der Waals surface area (Å²) in [5.74, 6) is 0. The van der Waals surface area contributed by atoms with Gasteiger partial charge < -0.3 is 4.90 Å². The van der Waals surface area contributed by atoms with Crippen molar-refractivity contribution >= 4 is 22.6 Å². The Kier molecular flexibility index (Phi) is 4.44. The van der Waals surface area contributed by atoms with E-state index in [9.17, 15) is 4.79 Å². The standard InChI is InChI=1S/C17H21N5OS/c23-17(19-16-11-18-20-24-16)21-9-6-15(7-10-21)22-8-5-13-3-1-2-4-14(13)12-22/h1-4,11,15H,5-10,12H2,(H,19,23). The Bertz CT molecular complexity index is 697. The van der Waals surface area contributed by atoms with Crippen molar-refractivity contribution in [2.75, 3.05) is 25.0 Å². The Labute approximate surface area is 145 Å². The summed E-state index contributed by atoms with van der Waals surface area (Å²) < 4.78 is 3.76. The number of aromatic nitrogens is 2. The first-order valence-corrected chi connectivity index (χ1v) is 9.21. The minimum atomic E-state index is -0.0384. The van der Waals surface area contributed by atoms with E-state index in [2.05, 4.69) is 44.1 Å². The fourth-order valence-corrected chi connectivity index (χ4v) is 4.08. The molecule has 1 saturated heterocycles. The number of piperidine rings is 1. The third-order valence-electron chi connectivity index (χ3n) is 5.02. The van der Waals surface area contributed by atoms with Gasteiger partial charge in [-0.3, -0.25) is 10.2 Å². The van der Waals surface area contributed by atoms with E-state index in [0.717, 1.165) is 45.4 Å². The first-order valence-electron chi connectivity index (χ1n) is 8.44. The fraction of sp³-hybridized carbons (Fsp3) is 0.471. The summed E-state index contributed by atoms with van der Waals surface area (Å²) in [5.41, 5.74) is 2.95. The highest BCUT2D eigenvalue weighted by Crippen LogP contribution is 2.25. The van der Waals surface area contributed by atoms with Crippen molar-refractivity contribution in [1.82, 2.24) is 19.4 Å². The molecule has 1 aromatic carbocycles. The van der Waals surface area contributed by atoms with E-state index in [1.54, 1.807) is 6.20 Å². The number of urea groups is 1. The van der Waals surface area contributed by atoms with Crippen LogP contribution < -0.4 is 5.32 Å². The fourth-order valence-electron chi connectivity index (χ4n) is 3.67. The SMILES string of the molecule is O=C(Nc1cnns1)N1CCC(N2CCc3ccccc3C2)CC1. The molecule has 0 bridgehead atoms. The lowest BCUT2D eigenvalue weighted by Crippen LogP contribution is -2.49. The van der Waals surface area contributed by atoms with Gasteiger partial charge in [0.05, 0.1) is 6.20 Å². The zero-order valence-corrected chi connectivity index (χ0v) is 14.3. The van der Waals surface area contributed by atoms with Crippen molar-refractivity contribution in [1.29, 1.82) is 0 Å². The van der Waals surface area contributed by atoms with Crippen molar-refractivity contribution in [3.63, 3.8) is 0 Å². The maximum absolute atomic E-state index is 12.3. The summed E-state index contributed by atoms with van der Waals surface area (Å²) in [4.78, 5) is 16.7. The van der Waals surface area contributed by atoms with Gasteiger partial charge in [0, 0.05) is 43.8 Å². The number of anilines is 1. The minimum Gasteiger partial charge on any atom is -0.324 e.